The maximum Gasteiger partial charge on any atom is 0.0950 e. The molecule has 0 aromatic carbocycles. The van der Waals surface area contributed by atoms with Gasteiger partial charge in [-0.15, -0.1) is 0 Å². The van der Waals surface area contributed by atoms with E-state index in [1.807, 2.05) is 0 Å². The fourth-order valence-corrected chi connectivity index (χ4v) is 1.77. The van der Waals surface area contributed by atoms with Gasteiger partial charge in [-0.05, 0) is 13.8 Å². The predicted molar refractivity (Wildman–Crippen MR) is 49.5 cm³/mol. The van der Waals surface area contributed by atoms with E-state index in [0.29, 0.717) is 25.8 Å². The standard InChI is InChI=1S/C9H19NO3/c1-7(2)10(3-4-11)8-5-13-6-9(8)12/h7-9,11-12H,3-6H2,1-2H3/t8-,9-/m1/s1. The molecule has 0 aromatic rings. The van der Waals surface area contributed by atoms with Crippen LogP contribution in [0.2, 0.25) is 0 Å². The Morgan fingerprint density at radius 2 is 2.15 bits per heavy atom. The molecule has 0 amide bonds. The minimum absolute atomic E-state index is 0.0483. The molecule has 4 nitrogen and oxygen atoms in total. The summed E-state index contributed by atoms with van der Waals surface area (Å²) in [5.74, 6) is 0. The minimum atomic E-state index is -0.408. The van der Waals surface area contributed by atoms with Gasteiger partial charge in [0.2, 0.25) is 0 Å². The van der Waals surface area contributed by atoms with Gasteiger partial charge in [-0.3, -0.25) is 4.90 Å². The Bertz CT molecular complexity index is 152. The molecule has 1 aliphatic heterocycles. The van der Waals surface area contributed by atoms with Crippen LogP contribution in [0, 0.1) is 0 Å². The molecular weight excluding hydrogens is 170 g/mol. The first-order valence-electron chi connectivity index (χ1n) is 4.79. The van der Waals surface area contributed by atoms with Crippen LogP contribution in [0.5, 0.6) is 0 Å². The molecule has 1 aliphatic rings. The molecule has 1 fully saturated rings. The van der Waals surface area contributed by atoms with E-state index < -0.39 is 6.10 Å². The summed E-state index contributed by atoms with van der Waals surface area (Å²) in [7, 11) is 0. The second-order valence-electron chi connectivity index (χ2n) is 3.73. The van der Waals surface area contributed by atoms with Gasteiger partial charge in [0.1, 0.15) is 0 Å². The fraction of sp³-hybridized carbons (Fsp3) is 1.00. The van der Waals surface area contributed by atoms with E-state index in [9.17, 15) is 5.11 Å². The number of ether oxygens (including phenoxy) is 1. The van der Waals surface area contributed by atoms with E-state index in [1.165, 1.54) is 0 Å². The zero-order valence-electron chi connectivity index (χ0n) is 8.31. The summed E-state index contributed by atoms with van der Waals surface area (Å²) >= 11 is 0. The monoisotopic (exact) mass is 189 g/mol. The molecule has 0 spiro atoms. The molecule has 0 bridgehead atoms. The van der Waals surface area contributed by atoms with Crippen LogP contribution >= 0.6 is 0 Å². The summed E-state index contributed by atoms with van der Waals surface area (Å²) in [5.41, 5.74) is 0. The molecule has 78 valence electrons. The number of aliphatic hydroxyl groups is 2. The van der Waals surface area contributed by atoms with Gasteiger partial charge < -0.3 is 14.9 Å². The summed E-state index contributed by atoms with van der Waals surface area (Å²) in [6.07, 6.45) is -0.408. The Morgan fingerprint density at radius 3 is 2.54 bits per heavy atom. The van der Waals surface area contributed by atoms with Gasteiger partial charge in [-0.2, -0.15) is 0 Å². The summed E-state index contributed by atoms with van der Waals surface area (Å²) in [6.45, 7) is 5.82. The number of aliphatic hydroxyl groups excluding tert-OH is 2. The van der Waals surface area contributed by atoms with Crippen molar-refractivity contribution < 1.29 is 14.9 Å². The zero-order valence-corrected chi connectivity index (χ0v) is 8.31. The summed E-state index contributed by atoms with van der Waals surface area (Å²) in [5, 5.41) is 18.5. The molecule has 0 aromatic heterocycles. The van der Waals surface area contributed by atoms with Gasteiger partial charge in [-0.25, -0.2) is 0 Å². The average Bonchev–Trinajstić information content (AvgIpc) is 2.47. The first kappa shape index (κ1) is 10.9. The van der Waals surface area contributed by atoms with Crippen LogP contribution < -0.4 is 0 Å². The number of nitrogens with zero attached hydrogens (tertiary/aromatic N) is 1. The maximum absolute atomic E-state index is 9.59. The fourth-order valence-electron chi connectivity index (χ4n) is 1.77. The molecule has 0 saturated carbocycles. The van der Waals surface area contributed by atoms with Crippen LogP contribution in [0.1, 0.15) is 13.8 Å². The van der Waals surface area contributed by atoms with E-state index >= 15 is 0 Å². The van der Waals surface area contributed by atoms with Gasteiger partial charge in [0, 0.05) is 12.6 Å². The van der Waals surface area contributed by atoms with Gasteiger partial charge in [-0.1, -0.05) is 0 Å². The van der Waals surface area contributed by atoms with E-state index in [2.05, 4.69) is 18.7 Å². The molecule has 4 heteroatoms. The van der Waals surface area contributed by atoms with Crippen LogP contribution in [0.3, 0.4) is 0 Å². The summed E-state index contributed by atoms with van der Waals surface area (Å²) in [4.78, 5) is 2.08. The van der Waals surface area contributed by atoms with Crippen molar-refractivity contribution in [2.24, 2.45) is 0 Å². The summed E-state index contributed by atoms with van der Waals surface area (Å²) in [6, 6.07) is 0.376. The highest BCUT2D eigenvalue weighted by Gasteiger charge is 2.32. The number of rotatable bonds is 4. The second kappa shape index (κ2) is 4.91. The molecule has 0 radical (unpaired) electrons. The minimum Gasteiger partial charge on any atom is -0.395 e. The van der Waals surface area contributed by atoms with Gasteiger partial charge in [0.25, 0.3) is 0 Å². The molecule has 13 heavy (non-hydrogen) atoms. The van der Waals surface area contributed by atoms with Crippen molar-refractivity contribution in [3.05, 3.63) is 0 Å². The molecule has 0 unspecified atom stereocenters. The molecule has 1 saturated heterocycles. The van der Waals surface area contributed by atoms with Gasteiger partial charge in [0.15, 0.2) is 0 Å². The van der Waals surface area contributed by atoms with Crippen molar-refractivity contribution in [1.29, 1.82) is 0 Å². The Hall–Kier alpha value is -0.160. The molecule has 2 N–H and O–H groups in total. The van der Waals surface area contributed by atoms with E-state index in [4.69, 9.17) is 9.84 Å². The van der Waals surface area contributed by atoms with Gasteiger partial charge in [0.05, 0.1) is 32.0 Å². The van der Waals surface area contributed by atoms with Crippen LogP contribution in [-0.4, -0.2) is 59.7 Å². The lowest BCUT2D eigenvalue weighted by atomic mass is 10.1. The van der Waals surface area contributed by atoms with Crippen LogP contribution in [0.15, 0.2) is 0 Å². The van der Waals surface area contributed by atoms with Crippen molar-refractivity contribution in [1.82, 2.24) is 4.90 Å². The van der Waals surface area contributed by atoms with Crippen molar-refractivity contribution in [3.63, 3.8) is 0 Å². The van der Waals surface area contributed by atoms with E-state index in [0.717, 1.165) is 0 Å². The Balaban J connectivity index is 2.52. The molecule has 2 atom stereocenters. The first-order chi connectivity index (χ1) is 6.16. The number of hydrogen-bond donors (Lipinski definition) is 2. The number of hydrogen-bond acceptors (Lipinski definition) is 4. The van der Waals surface area contributed by atoms with Crippen LogP contribution in [0.4, 0.5) is 0 Å². The topological polar surface area (TPSA) is 52.9 Å². The Kier molecular flexibility index (Phi) is 4.12. The zero-order chi connectivity index (χ0) is 9.84. The van der Waals surface area contributed by atoms with Crippen LogP contribution in [-0.2, 0) is 4.74 Å². The van der Waals surface area contributed by atoms with Crippen molar-refractivity contribution >= 4 is 0 Å². The second-order valence-corrected chi connectivity index (χ2v) is 3.73. The molecule has 1 heterocycles. The quantitative estimate of drug-likeness (QED) is 0.623. The molecule has 0 aliphatic carbocycles. The lowest BCUT2D eigenvalue weighted by molar-refractivity contribution is 0.0509. The normalized spacial score (nSPS) is 29.1. The third kappa shape index (κ3) is 2.64. The van der Waals surface area contributed by atoms with Crippen molar-refractivity contribution in [2.75, 3.05) is 26.4 Å². The highest BCUT2D eigenvalue weighted by molar-refractivity contribution is 4.85. The highest BCUT2D eigenvalue weighted by atomic mass is 16.5. The maximum atomic E-state index is 9.59. The highest BCUT2D eigenvalue weighted by Crippen LogP contribution is 2.15. The van der Waals surface area contributed by atoms with Crippen molar-refractivity contribution in [3.8, 4) is 0 Å². The lowest BCUT2D eigenvalue weighted by Gasteiger charge is -2.32. The summed E-state index contributed by atoms with van der Waals surface area (Å²) < 4.78 is 5.17. The van der Waals surface area contributed by atoms with Crippen molar-refractivity contribution in [2.45, 2.75) is 32.0 Å². The lowest BCUT2D eigenvalue weighted by Crippen LogP contribution is -2.48. The third-order valence-corrected chi connectivity index (χ3v) is 2.47. The molecular formula is C9H19NO3. The molecule has 1 rings (SSSR count). The van der Waals surface area contributed by atoms with Gasteiger partial charge >= 0.3 is 0 Å². The van der Waals surface area contributed by atoms with E-state index in [-0.39, 0.29) is 12.6 Å². The predicted octanol–water partition coefficient (Wildman–Crippen LogP) is -0.551. The van der Waals surface area contributed by atoms with E-state index in [1.54, 1.807) is 0 Å². The Morgan fingerprint density at radius 1 is 1.46 bits per heavy atom. The largest absolute Gasteiger partial charge is 0.395 e. The average molecular weight is 189 g/mol. The third-order valence-electron chi connectivity index (χ3n) is 2.47. The Labute approximate surface area is 79.1 Å². The first-order valence-corrected chi connectivity index (χ1v) is 4.79. The SMILES string of the molecule is CC(C)N(CCO)[C@@H]1COC[C@H]1O. The van der Waals surface area contributed by atoms with Crippen LogP contribution in [0.25, 0.3) is 0 Å². The smallest absolute Gasteiger partial charge is 0.0950 e.